The van der Waals surface area contributed by atoms with E-state index in [9.17, 15) is 35.8 Å². The van der Waals surface area contributed by atoms with Crippen LogP contribution in [0.4, 0.5) is 30.7 Å². The van der Waals surface area contributed by atoms with Gasteiger partial charge in [-0.25, -0.2) is 0 Å². The molecule has 43 heavy (non-hydrogen) atoms. The SMILES string of the molecule is CCc1cccc(Oc2cccc(C(NC(CO)c3ccc(C(F)(F)F)cc3)c3cccc(OC(F)(F)C(F)F)c3)c2)c1. The van der Waals surface area contributed by atoms with Gasteiger partial charge < -0.3 is 14.6 Å². The van der Waals surface area contributed by atoms with Gasteiger partial charge in [-0.3, -0.25) is 5.32 Å². The van der Waals surface area contributed by atoms with Crippen LogP contribution < -0.4 is 14.8 Å². The van der Waals surface area contributed by atoms with Gasteiger partial charge >= 0.3 is 18.7 Å². The largest absolute Gasteiger partial charge is 0.461 e. The summed E-state index contributed by atoms with van der Waals surface area (Å²) in [5.74, 6) is 0.460. The first-order chi connectivity index (χ1) is 20.4. The number of hydrogen-bond acceptors (Lipinski definition) is 4. The van der Waals surface area contributed by atoms with Crippen molar-refractivity contribution in [2.45, 2.75) is 44.1 Å². The van der Waals surface area contributed by atoms with E-state index in [0.29, 0.717) is 22.6 Å². The fraction of sp³-hybridized carbons (Fsp3) is 0.250. The van der Waals surface area contributed by atoms with E-state index in [2.05, 4.69) is 10.1 Å². The van der Waals surface area contributed by atoms with Gasteiger partial charge in [-0.1, -0.05) is 55.5 Å². The number of aryl methyl sites for hydroxylation is 1. The Balaban J connectivity index is 1.72. The number of halogens is 7. The Morgan fingerprint density at radius 1 is 0.721 bits per heavy atom. The van der Waals surface area contributed by atoms with E-state index >= 15 is 0 Å². The maximum absolute atomic E-state index is 13.7. The minimum absolute atomic E-state index is 0.290. The van der Waals surface area contributed by atoms with Crippen LogP contribution >= 0.6 is 0 Å². The number of alkyl halides is 7. The van der Waals surface area contributed by atoms with E-state index < -0.39 is 48.7 Å². The topological polar surface area (TPSA) is 50.7 Å². The van der Waals surface area contributed by atoms with Gasteiger partial charge in [-0.05, 0) is 77.2 Å². The van der Waals surface area contributed by atoms with Gasteiger partial charge in [0.2, 0.25) is 0 Å². The molecule has 0 aliphatic rings. The quantitative estimate of drug-likeness (QED) is 0.158. The molecule has 2 atom stereocenters. The minimum Gasteiger partial charge on any atom is -0.457 e. The summed E-state index contributed by atoms with van der Waals surface area (Å²) in [5, 5.41) is 13.4. The number of nitrogens with one attached hydrogen (secondary N) is 1. The molecule has 0 fully saturated rings. The number of rotatable bonds is 12. The van der Waals surface area contributed by atoms with Crippen molar-refractivity contribution in [2.75, 3.05) is 6.61 Å². The van der Waals surface area contributed by atoms with E-state index in [1.165, 1.54) is 24.3 Å². The molecular formula is C32H28F7NO3. The second-order valence-corrected chi connectivity index (χ2v) is 9.67. The van der Waals surface area contributed by atoms with Gasteiger partial charge in [0, 0.05) is 0 Å². The Hall–Kier alpha value is -4.09. The monoisotopic (exact) mass is 607 g/mol. The van der Waals surface area contributed by atoms with Crippen molar-refractivity contribution in [1.29, 1.82) is 0 Å². The Kier molecular flexibility index (Phi) is 9.98. The molecule has 4 aromatic rings. The third kappa shape index (κ3) is 8.26. The first kappa shape index (κ1) is 31.8. The Labute approximate surface area is 243 Å². The highest BCUT2D eigenvalue weighted by Crippen LogP contribution is 2.35. The lowest BCUT2D eigenvalue weighted by Gasteiger charge is -2.27. The molecule has 0 radical (unpaired) electrons. The standard InChI is InChI=1S/C32H28F7NO3/c1-2-20-6-3-9-25(16-20)42-26-10-4-7-22(17-26)29(23-8-5-11-27(18-23)43-32(38,39)30(33)34)40-28(19-41)21-12-14-24(15-13-21)31(35,36)37/h3-18,28-30,40-41H,2,19H2,1H3. The van der Waals surface area contributed by atoms with Crippen molar-refractivity contribution in [1.82, 2.24) is 5.32 Å². The molecule has 0 spiro atoms. The molecule has 228 valence electrons. The van der Waals surface area contributed by atoms with Crippen LogP contribution in [-0.4, -0.2) is 24.2 Å². The Morgan fingerprint density at radius 3 is 1.84 bits per heavy atom. The molecule has 2 unspecified atom stereocenters. The number of aliphatic hydroxyl groups excluding tert-OH is 1. The fourth-order valence-electron chi connectivity index (χ4n) is 4.43. The van der Waals surface area contributed by atoms with Crippen LogP contribution in [0.1, 0.15) is 46.8 Å². The zero-order valence-corrected chi connectivity index (χ0v) is 22.8. The minimum atomic E-state index is -4.74. The zero-order valence-electron chi connectivity index (χ0n) is 22.8. The molecule has 0 bridgehead atoms. The average molecular weight is 608 g/mol. The van der Waals surface area contributed by atoms with Gasteiger partial charge in [-0.2, -0.15) is 30.7 Å². The lowest BCUT2D eigenvalue weighted by atomic mass is 9.95. The highest BCUT2D eigenvalue weighted by molar-refractivity contribution is 5.42. The molecular weight excluding hydrogens is 579 g/mol. The van der Waals surface area contributed by atoms with Crippen molar-refractivity contribution >= 4 is 0 Å². The van der Waals surface area contributed by atoms with E-state index in [1.807, 2.05) is 25.1 Å². The summed E-state index contributed by atoms with van der Waals surface area (Å²) in [6.07, 6.45) is -12.6. The lowest BCUT2D eigenvalue weighted by molar-refractivity contribution is -0.253. The van der Waals surface area contributed by atoms with E-state index in [0.717, 1.165) is 36.2 Å². The van der Waals surface area contributed by atoms with Crippen molar-refractivity contribution < 1.29 is 45.3 Å². The second kappa shape index (κ2) is 13.5. The van der Waals surface area contributed by atoms with Crippen LogP contribution in [0.25, 0.3) is 0 Å². The molecule has 0 saturated heterocycles. The predicted octanol–water partition coefficient (Wildman–Crippen LogP) is 8.71. The van der Waals surface area contributed by atoms with Crippen molar-refractivity contribution in [3.8, 4) is 17.2 Å². The van der Waals surface area contributed by atoms with Crippen LogP contribution in [-0.2, 0) is 12.6 Å². The summed E-state index contributed by atoms with van der Waals surface area (Å²) in [6, 6.07) is 21.7. The molecule has 4 nitrogen and oxygen atoms in total. The number of hydrogen-bond donors (Lipinski definition) is 2. The first-order valence-electron chi connectivity index (χ1n) is 13.3. The van der Waals surface area contributed by atoms with E-state index in [4.69, 9.17) is 4.74 Å². The van der Waals surface area contributed by atoms with E-state index in [1.54, 1.807) is 30.3 Å². The van der Waals surface area contributed by atoms with Crippen molar-refractivity contribution in [3.63, 3.8) is 0 Å². The van der Waals surface area contributed by atoms with Crippen LogP contribution in [0, 0.1) is 0 Å². The van der Waals surface area contributed by atoms with E-state index in [-0.39, 0.29) is 5.56 Å². The highest BCUT2D eigenvalue weighted by Gasteiger charge is 2.44. The number of aliphatic hydroxyl groups is 1. The van der Waals surface area contributed by atoms with Gasteiger partial charge in [0.15, 0.2) is 0 Å². The van der Waals surface area contributed by atoms with Crippen molar-refractivity contribution in [2.24, 2.45) is 0 Å². The fourth-order valence-corrected chi connectivity index (χ4v) is 4.43. The average Bonchev–Trinajstić information content (AvgIpc) is 2.97. The van der Waals surface area contributed by atoms with Crippen LogP contribution in [0.2, 0.25) is 0 Å². The molecule has 4 aromatic carbocycles. The molecule has 11 heteroatoms. The third-order valence-electron chi connectivity index (χ3n) is 6.62. The first-order valence-corrected chi connectivity index (χ1v) is 13.3. The molecule has 0 amide bonds. The lowest BCUT2D eigenvalue weighted by Crippen LogP contribution is -2.33. The van der Waals surface area contributed by atoms with Gasteiger partial charge in [-0.15, -0.1) is 0 Å². The number of benzene rings is 4. The summed E-state index contributed by atoms with van der Waals surface area (Å²) in [5.41, 5.74) is 1.31. The summed E-state index contributed by atoms with van der Waals surface area (Å²) in [7, 11) is 0. The van der Waals surface area contributed by atoms with Gasteiger partial charge in [0.1, 0.15) is 17.2 Å². The normalized spacial score (nSPS) is 13.5. The maximum Gasteiger partial charge on any atom is 0.461 e. The predicted molar refractivity (Wildman–Crippen MR) is 147 cm³/mol. The maximum atomic E-state index is 13.7. The van der Waals surface area contributed by atoms with Crippen molar-refractivity contribution in [3.05, 3.63) is 125 Å². The Morgan fingerprint density at radius 2 is 1.28 bits per heavy atom. The smallest absolute Gasteiger partial charge is 0.457 e. The summed E-state index contributed by atoms with van der Waals surface area (Å²) in [4.78, 5) is 0. The Bertz CT molecular complexity index is 1490. The molecule has 2 N–H and O–H groups in total. The van der Waals surface area contributed by atoms with Crippen LogP contribution in [0.3, 0.4) is 0 Å². The van der Waals surface area contributed by atoms with Crippen LogP contribution in [0.5, 0.6) is 17.2 Å². The second-order valence-electron chi connectivity index (χ2n) is 9.67. The zero-order chi connectivity index (χ0) is 31.2. The highest BCUT2D eigenvalue weighted by atomic mass is 19.4. The van der Waals surface area contributed by atoms with Gasteiger partial charge in [0.05, 0.1) is 24.3 Å². The summed E-state index contributed by atoms with van der Waals surface area (Å²) < 4.78 is 103. The van der Waals surface area contributed by atoms with Crippen LogP contribution in [0.15, 0.2) is 97.1 Å². The number of ether oxygens (including phenoxy) is 2. The third-order valence-corrected chi connectivity index (χ3v) is 6.62. The van der Waals surface area contributed by atoms with Gasteiger partial charge in [0.25, 0.3) is 0 Å². The molecule has 0 aliphatic carbocycles. The molecule has 0 aliphatic heterocycles. The molecule has 4 rings (SSSR count). The molecule has 0 heterocycles. The molecule has 0 saturated carbocycles. The summed E-state index contributed by atoms with van der Waals surface area (Å²) in [6.45, 7) is 1.46. The molecule has 0 aromatic heterocycles. The summed E-state index contributed by atoms with van der Waals surface area (Å²) >= 11 is 0.